The van der Waals surface area contributed by atoms with Crippen LogP contribution >= 0.6 is 11.8 Å². The number of nitrogens with two attached hydrogens (primary N) is 1. The van der Waals surface area contributed by atoms with Crippen LogP contribution in [0.3, 0.4) is 0 Å². The van der Waals surface area contributed by atoms with Crippen LogP contribution in [-0.4, -0.2) is 15.0 Å². The fraction of sp³-hybridized carbons (Fsp3) is 0.0833. The number of halogens is 3. The summed E-state index contributed by atoms with van der Waals surface area (Å²) in [5.74, 6) is -1.56. The van der Waals surface area contributed by atoms with Gasteiger partial charge in [-0.2, -0.15) is 13.2 Å². The molecule has 2 aromatic heterocycles. The summed E-state index contributed by atoms with van der Waals surface area (Å²) in [6.07, 6.45) is -4.66. The van der Waals surface area contributed by atoms with Crippen LogP contribution in [0.2, 0.25) is 0 Å². The maximum absolute atomic E-state index is 12.6. The molecule has 0 bridgehead atoms. The van der Waals surface area contributed by atoms with Crippen LogP contribution in [0.5, 0.6) is 0 Å². The van der Waals surface area contributed by atoms with E-state index < -0.39 is 12.0 Å². The zero-order valence-corrected chi connectivity index (χ0v) is 11.1. The summed E-state index contributed by atoms with van der Waals surface area (Å²) in [5.41, 5.74) is 6.52. The average Bonchev–Trinajstić information content (AvgIpc) is 2.79. The molecule has 0 aliphatic heterocycles. The van der Waals surface area contributed by atoms with Gasteiger partial charge in [-0.3, -0.25) is 0 Å². The number of rotatable bonds is 2. The summed E-state index contributed by atoms with van der Waals surface area (Å²) in [6, 6.07) is 8.23. The zero-order valence-electron chi connectivity index (χ0n) is 10.3. The SMILES string of the molecule is Nc1cc(Sc2nc3ccccc3o2)nc(C(F)(F)F)n1. The van der Waals surface area contributed by atoms with Crippen molar-refractivity contribution in [3.05, 3.63) is 36.2 Å². The Morgan fingerprint density at radius 2 is 1.86 bits per heavy atom. The lowest BCUT2D eigenvalue weighted by Crippen LogP contribution is -2.12. The molecule has 0 spiro atoms. The smallest absolute Gasteiger partial charge is 0.431 e. The maximum Gasteiger partial charge on any atom is 0.451 e. The minimum absolute atomic E-state index is 0.0152. The van der Waals surface area contributed by atoms with E-state index in [0.29, 0.717) is 11.1 Å². The molecule has 0 saturated heterocycles. The number of aromatic nitrogens is 3. The normalized spacial score (nSPS) is 12.0. The Bertz CT molecular complexity index is 770. The van der Waals surface area contributed by atoms with Gasteiger partial charge >= 0.3 is 6.18 Å². The van der Waals surface area contributed by atoms with Crippen molar-refractivity contribution in [2.24, 2.45) is 0 Å². The third-order valence-electron chi connectivity index (χ3n) is 2.44. The first-order valence-electron chi connectivity index (χ1n) is 5.67. The number of fused-ring (bicyclic) bond motifs is 1. The van der Waals surface area contributed by atoms with Crippen LogP contribution in [0.25, 0.3) is 11.1 Å². The molecule has 1 aromatic carbocycles. The largest absolute Gasteiger partial charge is 0.451 e. The zero-order chi connectivity index (χ0) is 15.0. The molecule has 0 unspecified atom stereocenters. The van der Waals surface area contributed by atoms with Gasteiger partial charge in [0.2, 0.25) is 5.82 Å². The van der Waals surface area contributed by atoms with Gasteiger partial charge in [0.1, 0.15) is 16.4 Å². The molecule has 9 heteroatoms. The first-order valence-corrected chi connectivity index (χ1v) is 6.48. The highest BCUT2D eigenvalue weighted by Gasteiger charge is 2.35. The van der Waals surface area contributed by atoms with Crippen LogP contribution in [0.15, 0.2) is 45.0 Å². The van der Waals surface area contributed by atoms with E-state index >= 15 is 0 Å². The molecule has 0 radical (unpaired) electrons. The molecular weight excluding hydrogens is 305 g/mol. The van der Waals surface area contributed by atoms with Gasteiger partial charge in [0, 0.05) is 6.07 Å². The van der Waals surface area contributed by atoms with Crippen LogP contribution in [0, 0.1) is 0 Å². The molecule has 3 aromatic rings. The summed E-state index contributed by atoms with van der Waals surface area (Å²) in [4.78, 5) is 10.7. The number of anilines is 1. The molecule has 5 nitrogen and oxygen atoms in total. The Balaban J connectivity index is 1.95. The van der Waals surface area contributed by atoms with Crippen molar-refractivity contribution in [1.82, 2.24) is 15.0 Å². The summed E-state index contributed by atoms with van der Waals surface area (Å²) < 4.78 is 43.3. The number of oxazole rings is 1. The molecule has 2 heterocycles. The minimum Gasteiger partial charge on any atom is -0.431 e. The maximum atomic E-state index is 12.6. The van der Waals surface area contributed by atoms with Crippen molar-refractivity contribution in [2.45, 2.75) is 16.4 Å². The molecule has 2 N–H and O–H groups in total. The Morgan fingerprint density at radius 3 is 2.57 bits per heavy atom. The number of benzene rings is 1. The van der Waals surface area contributed by atoms with Gasteiger partial charge in [0.15, 0.2) is 5.58 Å². The van der Waals surface area contributed by atoms with Crippen molar-refractivity contribution < 1.29 is 17.6 Å². The number of hydrogen-bond acceptors (Lipinski definition) is 6. The lowest BCUT2D eigenvalue weighted by Gasteiger charge is -2.06. The Hall–Kier alpha value is -2.29. The highest BCUT2D eigenvalue weighted by atomic mass is 32.2. The third-order valence-corrected chi connectivity index (χ3v) is 3.21. The average molecular weight is 312 g/mol. The molecule has 108 valence electrons. The van der Waals surface area contributed by atoms with E-state index in [1.165, 1.54) is 6.07 Å². The summed E-state index contributed by atoms with van der Waals surface area (Å²) in [5, 5.41) is 0.198. The van der Waals surface area contributed by atoms with Gasteiger partial charge in [-0.15, -0.1) is 0 Å². The van der Waals surface area contributed by atoms with E-state index in [1.54, 1.807) is 24.3 Å². The van der Waals surface area contributed by atoms with Gasteiger partial charge in [-0.25, -0.2) is 15.0 Å². The van der Waals surface area contributed by atoms with Gasteiger partial charge in [-0.05, 0) is 23.9 Å². The van der Waals surface area contributed by atoms with Crippen molar-refractivity contribution in [3.63, 3.8) is 0 Å². The number of hydrogen-bond donors (Lipinski definition) is 1. The Labute approximate surface area is 120 Å². The number of nitrogen functional groups attached to an aromatic ring is 1. The number of alkyl halides is 3. The quantitative estimate of drug-likeness (QED) is 0.731. The van der Waals surface area contributed by atoms with Crippen molar-refractivity contribution in [3.8, 4) is 0 Å². The van der Waals surface area contributed by atoms with Crippen molar-refractivity contribution in [2.75, 3.05) is 5.73 Å². The molecule has 21 heavy (non-hydrogen) atoms. The lowest BCUT2D eigenvalue weighted by molar-refractivity contribution is -0.145. The molecular formula is C12H7F3N4OS. The van der Waals surface area contributed by atoms with E-state index in [2.05, 4.69) is 15.0 Å². The fourth-order valence-electron chi connectivity index (χ4n) is 1.61. The highest BCUT2D eigenvalue weighted by molar-refractivity contribution is 7.99. The number of para-hydroxylation sites is 2. The fourth-order valence-corrected chi connectivity index (χ4v) is 2.37. The molecule has 0 amide bonds. The van der Waals surface area contributed by atoms with Gasteiger partial charge in [0.25, 0.3) is 5.22 Å². The van der Waals surface area contributed by atoms with Crippen LogP contribution < -0.4 is 5.73 Å². The van der Waals surface area contributed by atoms with Crippen LogP contribution in [0.1, 0.15) is 5.82 Å². The molecule has 0 fully saturated rings. The second-order valence-electron chi connectivity index (χ2n) is 4.00. The Morgan fingerprint density at radius 1 is 1.10 bits per heavy atom. The van der Waals surface area contributed by atoms with E-state index in [9.17, 15) is 13.2 Å². The Kier molecular flexibility index (Phi) is 3.20. The van der Waals surface area contributed by atoms with Crippen molar-refractivity contribution in [1.29, 1.82) is 0 Å². The second-order valence-corrected chi connectivity index (χ2v) is 4.97. The molecule has 0 saturated carbocycles. The second kappa shape index (κ2) is 4.92. The molecule has 0 aliphatic carbocycles. The van der Waals surface area contributed by atoms with Crippen LogP contribution in [0.4, 0.5) is 19.0 Å². The highest BCUT2D eigenvalue weighted by Crippen LogP contribution is 2.32. The lowest BCUT2D eigenvalue weighted by atomic mass is 10.3. The molecule has 0 atom stereocenters. The first kappa shape index (κ1) is 13.7. The minimum atomic E-state index is -4.66. The summed E-state index contributed by atoms with van der Waals surface area (Å²) in [7, 11) is 0. The van der Waals surface area contributed by atoms with Crippen LogP contribution in [-0.2, 0) is 6.18 Å². The van der Waals surface area contributed by atoms with Crippen molar-refractivity contribution >= 4 is 28.7 Å². The predicted molar refractivity (Wildman–Crippen MR) is 69.6 cm³/mol. The van der Waals surface area contributed by atoms with E-state index in [4.69, 9.17) is 10.2 Å². The first-order chi connectivity index (χ1) is 9.91. The standard InChI is InChI=1S/C12H7F3N4OS/c13-12(14,15)10-18-8(16)5-9(19-10)21-11-17-6-3-1-2-4-7(6)20-11/h1-5H,(H2,16,18,19). The predicted octanol–water partition coefficient (Wildman–Crippen LogP) is 3.37. The monoisotopic (exact) mass is 312 g/mol. The molecule has 0 aliphatic rings. The van der Waals surface area contributed by atoms with E-state index in [0.717, 1.165) is 11.8 Å². The van der Waals surface area contributed by atoms with Gasteiger partial charge in [0.05, 0.1) is 0 Å². The number of nitrogens with zero attached hydrogens (tertiary/aromatic N) is 3. The summed E-state index contributed by atoms with van der Waals surface area (Å²) >= 11 is 0.849. The van der Waals surface area contributed by atoms with E-state index in [1.807, 2.05) is 0 Å². The summed E-state index contributed by atoms with van der Waals surface area (Å²) in [6.45, 7) is 0. The van der Waals surface area contributed by atoms with Gasteiger partial charge < -0.3 is 10.2 Å². The molecule has 3 rings (SSSR count). The topological polar surface area (TPSA) is 77.8 Å². The van der Waals surface area contributed by atoms with Gasteiger partial charge in [-0.1, -0.05) is 12.1 Å². The third kappa shape index (κ3) is 2.92. The van der Waals surface area contributed by atoms with E-state index in [-0.39, 0.29) is 16.1 Å².